The standard InChI is InChI=1S/C21H19F2N3O4/c22-19(23)14-10-17(20(24)28)26(12-14)18(27)11-25-21(29)13-6-8-16(9-7-13)30-15-4-2-1-3-5-15/h1-9,17H,10-12H2,(H2,24,28)(H,25,29). The van der Waals surface area contributed by atoms with Gasteiger partial charge in [0.15, 0.2) is 0 Å². The number of primary amides is 1. The summed E-state index contributed by atoms with van der Waals surface area (Å²) in [5.41, 5.74) is 5.18. The molecule has 30 heavy (non-hydrogen) atoms. The van der Waals surface area contributed by atoms with Crippen LogP contribution in [0.15, 0.2) is 66.3 Å². The summed E-state index contributed by atoms with van der Waals surface area (Å²) < 4.78 is 31.3. The number of para-hydroxylation sites is 1. The van der Waals surface area contributed by atoms with Crippen molar-refractivity contribution in [3.63, 3.8) is 0 Å². The van der Waals surface area contributed by atoms with Gasteiger partial charge in [0.25, 0.3) is 12.0 Å². The van der Waals surface area contributed by atoms with Gasteiger partial charge < -0.3 is 20.7 Å². The van der Waals surface area contributed by atoms with Crippen molar-refractivity contribution in [2.45, 2.75) is 12.5 Å². The molecule has 2 aromatic carbocycles. The Morgan fingerprint density at radius 1 is 1.03 bits per heavy atom. The number of carbonyl (C=O) groups excluding carboxylic acids is 3. The van der Waals surface area contributed by atoms with Crippen molar-refractivity contribution in [1.82, 2.24) is 10.2 Å². The molecule has 0 aliphatic carbocycles. The monoisotopic (exact) mass is 415 g/mol. The van der Waals surface area contributed by atoms with Crippen LogP contribution in [-0.4, -0.2) is 41.8 Å². The van der Waals surface area contributed by atoms with Gasteiger partial charge in [-0.3, -0.25) is 14.4 Å². The van der Waals surface area contributed by atoms with Gasteiger partial charge in [-0.25, -0.2) is 0 Å². The highest BCUT2D eigenvalue weighted by atomic mass is 19.3. The lowest BCUT2D eigenvalue weighted by Gasteiger charge is -2.21. The molecule has 156 valence electrons. The van der Waals surface area contributed by atoms with Crippen molar-refractivity contribution in [2.24, 2.45) is 5.73 Å². The van der Waals surface area contributed by atoms with E-state index in [0.29, 0.717) is 11.5 Å². The number of benzene rings is 2. The van der Waals surface area contributed by atoms with Crippen molar-refractivity contribution in [3.05, 3.63) is 71.8 Å². The quantitative estimate of drug-likeness (QED) is 0.757. The highest BCUT2D eigenvalue weighted by molar-refractivity contribution is 5.97. The molecule has 1 unspecified atom stereocenters. The molecule has 1 saturated heterocycles. The molecule has 1 fully saturated rings. The molecule has 2 aromatic rings. The van der Waals surface area contributed by atoms with Gasteiger partial charge >= 0.3 is 0 Å². The third-order valence-electron chi connectivity index (χ3n) is 4.59. The van der Waals surface area contributed by atoms with Crippen molar-refractivity contribution in [1.29, 1.82) is 0 Å². The van der Waals surface area contributed by atoms with E-state index in [0.717, 1.165) is 4.90 Å². The molecule has 1 heterocycles. The summed E-state index contributed by atoms with van der Waals surface area (Å²) in [7, 11) is 0. The van der Waals surface area contributed by atoms with Crippen molar-refractivity contribution in [3.8, 4) is 11.5 Å². The van der Waals surface area contributed by atoms with Crippen LogP contribution in [0.3, 0.4) is 0 Å². The first-order valence-electron chi connectivity index (χ1n) is 9.08. The Morgan fingerprint density at radius 2 is 1.67 bits per heavy atom. The molecule has 0 spiro atoms. The Balaban J connectivity index is 1.57. The lowest BCUT2D eigenvalue weighted by Crippen LogP contribution is -2.47. The molecule has 3 N–H and O–H groups in total. The second-order valence-electron chi connectivity index (χ2n) is 6.63. The lowest BCUT2D eigenvalue weighted by atomic mass is 10.1. The second kappa shape index (κ2) is 9.17. The number of carbonyl (C=O) groups is 3. The van der Waals surface area contributed by atoms with E-state index in [4.69, 9.17) is 10.5 Å². The highest BCUT2D eigenvalue weighted by Crippen LogP contribution is 2.26. The van der Waals surface area contributed by atoms with Crippen LogP contribution in [0.1, 0.15) is 16.8 Å². The largest absolute Gasteiger partial charge is 0.457 e. The zero-order chi connectivity index (χ0) is 21.7. The maximum absolute atomic E-state index is 12.8. The number of halogens is 2. The number of nitrogens with zero attached hydrogens (tertiary/aromatic N) is 1. The van der Waals surface area contributed by atoms with Gasteiger partial charge in [-0.1, -0.05) is 18.2 Å². The van der Waals surface area contributed by atoms with Crippen molar-refractivity contribution >= 4 is 17.7 Å². The van der Waals surface area contributed by atoms with E-state index in [1.54, 1.807) is 24.3 Å². The molecule has 1 atom stereocenters. The first-order chi connectivity index (χ1) is 14.3. The van der Waals surface area contributed by atoms with Gasteiger partial charge in [-0.05, 0) is 36.4 Å². The molecule has 7 nitrogen and oxygen atoms in total. The molecule has 0 radical (unpaired) electrons. The Bertz CT molecular complexity index is 974. The van der Waals surface area contributed by atoms with Gasteiger partial charge in [0, 0.05) is 24.1 Å². The normalized spacial score (nSPS) is 15.6. The van der Waals surface area contributed by atoms with Crippen molar-refractivity contribution in [2.75, 3.05) is 13.1 Å². The predicted molar refractivity (Wildman–Crippen MR) is 104 cm³/mol. The summed E-state index contributed by atoms with van der Waals surface area (Å²) >= 11 is 0. The van der Waals surface area contributed by atoms with Crippen molar-refractivity contribution < 1.29 is 27.9 Å². The van der Waals surface area contributed by atoms with Crippen LogP contribution in [0, 0.1) is 0 Å². The van der Waals surface area contributed by atoms with Crippen LogP contribution in [-0.2, 0) is 9.59 Å². The molecule has 1 aliphatic rings. The minimum absolute atomic E-state index is 0.284. The van der Waals surface area contributed by atoms with Gasteiger partial charge in [0.05, 0.1) is 6.54 Å². The first kappa shape index (κ1) is 21.0. The van der Waals surface area contributed by atoms with E-state index < -0.39 is 42.9 Å². The predicted octanol–water partition coefficient (Wildman–Crippen LogP) is 2.45. The third kappa shape index (κ3) is 4.99. The zero-order valence-corrected chi connectivity index (χ0v) is 15.8. The summed E-state index contributed by atoms with van der Waals surface area (Å²) in [5.74, 6) is -0.903. The molecule has 0 saturated carbocycles. The number of nitrogens with two attached hydrogens (primary N) is 1. The zero-order valence-electron chi connectivity index (χ0n) is 15.8. The van der Waals surface area contributed by atoms with Gasteiger partial charge in [-0.2, -0.15) is 8.78 Å². The van der Waals surface area contributed by atoms with Crippen LogP contribution < -0.4 is 15.8 Å². The summed E-state index contributed by atoms with van der Waals surface area (Å²) in [6, 6.07) is 14.2. The number of amides is 3. The smallest absolute Gasteiger partial charge is 0.271 e. The van der Waals surface area contributed by atoms with E-state index >= 15 is 0 Å². The highest BCUT2D eigenvalue weighted by Gasteiger charge is 2.37. The molecule has 3 amide bonds. The fourth-order valence-corrected chi connectivity index (χ4v) is 3.04. The van der Waals surface area contributed by atoms with E-state index in [9.17, 15) is 23.2 Å². The Kier molecular flexibility index (Phi) is 6.41. The molecular weight excluding hydrogens is 396 g/mol. The summed E-state index contributed by atoms with van der Waals surface area (Å²) in [4.78, 5) is 37.0. The van der Waals surface area contributed by atoms with Crippen LogP contribution >= 0.6 is 0 Å². The average Bonchev–Trinajstić information content (AvgIpc) is 3.19. The number of hydrogen-bond donors (Lipinski definition) is 2. The average molecular weight is 415 g/mol. The minimum atomic E-state index is -1.93. The molecule has 9 heteroatoms. The molecule has 3 rings (SSSR count). The van der Waals surface area contributed by atoms with Crippen LogP contribution in [0.5, 0.6) is 11.5 Å². The third-order valence-corrected chi connectivity index (χ3v) is 4.59. The first-order valence-corrected chi connectivity index (χ1v) is 9.08. The molecular formula is C21H19F2N3O4. The number of nitrogens with one attached hydrogen (secondary N) is 1. The number of rotatable bonds is 6. The molecule has 1 aliphatic heterocycles. The SMILES string of the molecule is NC(=O)C1CC(=C(F)F)CN1C(=O)CNC(=O)c1ccc(Oc2ccccc2)cc1. The lowest BCUT2D eigenvalue weighted by molar-refractivity contribution is -0.136. The molecule has 0 aromatic heterocycles. The fourth-order valence-electron chi connectivity index (χ4n) is 3.04. The Morgan fingerprint density at radius 3 is 2.27 bits per heavy atom. The van der Waals surface area contributed by atoms with Gasteiger partial charge in [0.1, 0.15) is 17.5 Å². The van der Waals surface area contributed by atoms with E-state index in [-0.39, 0.29) is 17.6 Å². The minimum Gasteiger partial charge on any atom is -0.457 e. The Hall–Kier alpha value is -3.75. The van der Waals surface area contributed by atoms with Gasteiger partial charge in [0.2, 0.25) is 11.8 Å². The summed E-state index contributed by atoms with van der Waals surface area (Å²) in [6.07, 6.45) is -2.24. The number of hydrogen-bond acceptors (Lipinski definition) is 4. The maximum Gasteiger partial charge on any atom is 0.271 e. The summed E-state index contributed by atoms with van der Waals surface area (Å²) in [5, 5.41) is 2.42. The Labute approximate surface area is 171 Å². The number of likely N-dealkylation sites (tertiary alicyclic amines) is 1. The van der Waals surface area contributed by atoms with E-state index in [2.05, 4.69) is 5.32 Å². The topological polar surface area (TPSA) is 102 Å². The van der Waals surface area contributed by atoms with Gasteiger partial charge in [-0.15, -0.1) is 0 Å². The van der Waals surface area contributed by atoms with E-state index in [1.165, 1.54) is 12.1 Å². The van der Waals surface area contributed by atoms with Crippen LogP contribution in [0.4, 0.5) is 8.78 Å². The fraction of sp³-hybridized carbons (Fsp3) is 0.190. The maximum atomic E-state index is 12.8. The van der Waals surface area contributed by atoms with E-state index in [1.807, 2.05) is 18.2 Å². The number of ether oxygens (including phenoxy) is 1. The summed E-state index contributed by atoms with van der Waals surface area (Å²) in [6.45, 7) is -0.845. The van der Waals surface area contributed by atoms with Crippen LogP contribution in [0.25, 0.3) is 0 Å². The molecule has 0 bridgehead atoms. The second-order valence-corrected chi connectivity index (χ2v) is 6.63. The van der Waals surface area contributed by atoms with Crippen LogP contribution in [0.2, 0.25) is 0 Å².